The van der Waals surface area contributed by atoms with Crippen LogP contribution < -0.4 is 4.90 Å². The molecule has 28 heavy (non-hydrogen) atoms. The van der Waals surface area contributed by atoms with Crippen LogP contribution in [-0.2, 0) is 29.1 Å². The molecule has 0 spiro atoms. The fourth-order valence-electron chi connectivity index (χ4n) is 3.86. The summed E-state index contributed by atoms with van der Waals surface area (Å²) in [5.41, 5.74) is 2.51. The fourth-order valence-corrected chi connectivity index (χ4v) is 3.86. The van der Waals surface area contributed by atoms with E-state index in [1.54, 1.807) is 34.1 Å². The SMILES string of the molecule is CC(C)Cc1ncc2c(n1)CN(C(=O)[C@H]1CC(=O)N(c3cccc(O)c3)C1)C2. The summed E-state index contributed by atoms with van der Waals surface area (Å²) < 4.78 is 0. The number of amides is 2. The normalized spacial score (nSPS) is 18.8. The number of rotatable bonds is 4. The van der Waals surface area contributed by atoms with Gasteiger partial charge in [0.05, 0.1) is 18.2 Å². The summed E-state index contributed by atoms with van der Waals surface area (Å²) in [6.07, 6.45) is 2.83. The number of nitrogens with zero attached hydrogens (tertiary/aromatic N) is 4. The highest BCUT2D eigenvalue weighted by Gasteiger charge is 2.39. The monoisotopic (exact) mass is 380 g/mol. The summed E-state index contributed by atoms with van der Waals surface area (Å²) in [6, 6.07) is 6.56. The van der Waals surface area contributed by atoms with Crippen molar-refractivity contribution < 1.29 is 14.7 Å². The van der Waals surface area contributed by atoms with Crippen LogP contribution in [0.5, 0.6) is 5.75 Å². The number of aromatic hydroxyl groups is 1. The Morgan fingerprint density at radius 2 is 2.14 bits per heavy atom. The average Bonchev–Trinajstić information content (AvgIpc) is 3.24. The summed E-state index contributed by atoms with van der Waals surface area (Å²) in [5, 5.41) is 9.66. The second-order valence-electron chi connectivity index (χ2n) is 7.98. The molecule has 7 heteroatoms. The molecule has 0 saturated carbocycles. The number of phenols is 1. The minimum Gasteiger partial charge on any atom is -0.508 e. The third kappa shape index (κ3) is 3.56. The van der Waals surface area contributed by atoms with E-state index in [1.165, 1.54) is 0 Å². The summed E-state index contributed by atoms with van der Waals surface area (Å²) in [4.78, 5) is 37.8. The van der Waals surface area contributed by atoms with Crippen LogP contribution in [0.25, 0.3) is 0 Å². The maximum absolute atomic E-state index is 13.0. The molecule has 1 fully saturated rings. The van der Waals surface area contributed by atoms with Crippen molar-refractivity contribution in [3.63, 3.8) is 0 Å². The smallest absolute Gasteiger partial charge is 0.228 e. The lowest BCUT2D eigenvalue weighted by atomic mass is 10.1. The Morgan fingerprint density at radius 1 is 1.32 bits per heavy atom. The van der Waals surface area contributed by atoms with Crippen LogP contribution >= 0.6 is 0 Å². The van der Waals surface area contributed by atoms with E-state index < -0.39 is 0 Å². The van der Waals surface area contributed by atoms with Gasteiger partial charge in [-0.15, -0.1) is 0 Å². The highest BCUT2D eigenvalue weighted by Crippen LogP contribution is 2.30. The molecular weight excluding hydrogens is 356 g/mol. The first-order valence-corrected chi connectivity index (χ1v) is 9.62. The van der Waals surface area contributed by atoms with Crippen molar-refractivity contribution >= 4 is 17.5 Å². The zero-order chi connectivity index (χ0) is 19.8. The molecule has 3 heterocycles. The van der Waals surface area contributed by atoms with E-state index in [1.807, 2.05) is 6.20 Å². The lowest BCUT2D eigenvalue weighted by Crippen LogP contribution is -2.34. The van der Waals surface area contributed by atoms with Gasteiger partial charge in [-0.1, -0.05) is 19.9 Å². The first-order chi connectivity index (χ1) is 13.4. The third-order valence-corrected chi connectivity index (χ3v) is 5.22. The van der Waals surface area contributed by atoms with Crippen molar-refractivity contribution in [2.45, 2.75) is 39.8 Å². The van der Waals surface area contributed by atoms with Crippen LogP contribution in [0.4, 0.5) is 5.69 Å². The van der Waals surface area contributed by atoms with Crippen molar-refractivity contribution in [2.24, 2.45) is 11.8 Å². The van der Waals surface area contributed by atoms with E-state index in [2.05, 4.69) is 23.8 Å². The minimum atomic E-state index is -0.382. The van der Waals surface area contributed by atoms with Crippen LogP contribution in [0.15, 0.2) is 30.5 Å². The molecule has 1 N–H and O–H groups in total. The van der Waals surface area contributed by atoms with Gasteiger partial charge < -0.3 is 14.9 Å². The van der Waals surface area contributed by atoms with Crippen molar-refractivity contribution in [2.75, 3.05) is 11.4 Å². The molecule has 2 aliphatic rings. The Kier molecular flexibility index (Phi) is 4.75. The van der Waals surface area contributed by atoms with Crippen molar-refractivity contribution in [1.82, 2.24) is 14.9 Å². The Balaban J connectivity index is 1.45. The highest BCUT2D eigenvalue weighted by molar-refractivity contribution is 6.00. The van der Waals surface area contributed by atoms with E-state index in [0.29, 0.717) is 31.2 Å². The van der Waals surface area contributed by atoms with E-state index in [9.17, 15) is 14.7 Å². The molecule has 7 nitrogen and oxygen atoms in total. The molecule has 0 unspecified atom stereocenters. The molecule has 2 amide bonds. The van der Waals surface area contributed by atoms with Crippen LogP contribution in [0.1, 0.15) is 37.4 Å². The van der Waals surface area contributed by atoms with Crippen LogP contribution in [0, 0.1) is 11.8 Å². The number of hydrogen-bond donors (Lipinski definition) is 1. The quantitative estimate of drug-likeness (QED) is 0.879. The molecule has 0 aliphatic carbocycles. The first kappa shape index (κ1) is 18.4. The molecule has 146 valence electrons. The van der Waals surface area contributed by atoms with Gasteiger partial charge in [0.1, 0.15) is 11.6 Å². The maximum Gasteiger partial charge on any atom is 0.228 e. The van der Waals surface area contributed by atoms with Gasteiger partial charge in [0.25, 0.3) is 0 Å². The first-order valence-electron chi connectivity index (χ1n) is 9.62. The summed E-state index contributed by atoms with van der Waals surface area (Å²) >= 11 is 0. The summed E-state index contributed by atoms with van der Waals surface area (Å²) in [5.74, 6) is 0.886. The van der Waals surface area contributed by atoms with E-state index in [0.717, 1.165) is 23.5 Å². The molecular formula is C21H24N4O3. The predicted molar refractivity (Wildman–Crippen MR) is 103 cm³/mol. The van der Waals surface area contributed by atoms with Gasteiger partial charge in [-0.2, -0.15) is 0 Å². The second kappa shape index (κ2) is 7.22. The predicted octanol–water partition coefficient (Wildman–Crippen LogP) is 2.28. The second-order valence-corrected chi connectivity index (χ2v) is 7.98. The fraction of sp³-hybridized carbons (Fsp3) is 0.429. The number of fused-ring (bicyclic) bond motifs is 1. The Labute approximate surface area is 164 Å². The van der Waals surface area contributed by atoms with Crippen LogP contribution in [0.3, 0.4) is 0 Å². The van der Waals surface area contributed by atoms with Gasteiger partial charge >= 0.3 is 0 Å². The van der Waals surface area contributed by atoms with Gasteiger partial charge in [-0.25, -0.2) is 9.97 Å². The topological polar surface area (TPSA) is 86.6 Å². The lowest BCUT2D eigenvalue weighted by molar-refractivity contribution is -0.136. The molecule has 4 rings (SSSR count). The number of carbonyl (C=O) groups is 2. The number of benzene rings is 1. The summed E-state index contributed by atoms with van der Waals surface area (Å²) in [7, 11) is 0. The Hall–Kier alpha value is -2.96. The molecule has 0 radical (unpaired) electrons. The summed E-state index contributed by atoms with van der Waals surface area (Å²) in [6.45, 7) is 5.55. The lowest BCUT2D eigenvalue weighted by Gasteiger charge is -2.20. The number of carbonyl (C=O) groups excluding carboxylic acids is 2. The van der Waals surface area contributed by atoms with Crippen molar-refractivity contribution in [3.05, 3.63) is 47.5 Å². The average molecular weight is 380 g/mol. The Morgan fingerprint density at radius 3 is 2.89 bits per heavy atom. The van der Waals surface area contributed by atoms with Gasteiger partial charge in [0.15, 0.2) is 0 Å². The Bertz CT molecular complexity index is 928. The molecule has 1 aromatic heterocycles. The zero-order valence-electron chi connectivity index (χ0n) is 16.1. The van der Waals surface area contributed by atoms with E-state index in [-0.39, 0.29) is 29.9 Å². The van der Waals surface area contributed by atoms with Crippen LogP contribution in [0.2, 0.25) is 0 Å². The van der Waals surface area contributed by atoms with Gasteiger partial charge in [-0.05, 0) is 18.1 Å². The van der Waals surface area contributed by atoms with Gasteiger partial charge in [0.2, 0.25) is 11.8 Å². The molecule has 1 aromatic carbocycles. The number of aromatic nitrogens is 2. The van der Waals surface area contributed by atoms with Gasteiger partial charge in [0, 0.05) is 49.4 Å². The molecule has 0 bridgehead atoms. The van der Waals surface area contributed by atoms with E-state index >= 15 is 0 Å². The maximum atomic E-state index is 13.0. The molecule has 2 aliphatic heterocycles. The molecule has 1 atom stereocenters. The zero-order valence-corrected chi connectivity index (χ0v) is 16.1. The van der Waals surface area contributed by atoms with Gasteiger partial charge in [-0.3, -0.25) is 9.59 Å². The number of anilines is 1. The third-order valence-electron chi connectivity index (χ3n) is 5.22. The van der Waals surface area contributed by atoms with Crippen molar-refractivity contribution in [1.29, 1.82) is 0 Å². The molecule has 1 saturated heterocycles. The van der Waals surface area contributed by atoms with Crippen molar-refractivity contribution in [3.8, 4) is 5.75 Å². The standard InChI is InChI=1S/C21H24N4O3/c1-13(2)6-19-22-9-15-10-24(12-18(15)23-19)21(28)14-7-20(27)25(11-14)16-4-3-5-17(26)8-16/h3-5,8-9,13-14,26H,6-7,10-12H2,1-2H3/t14-/m0/s1. The van der Waals surface area contributed by atoms with Crippen LogP contribution in [-0.4, -0.2) is 38.3 Å². The molecule has 2 aromatic rings. The minimum absolute atomic E-state index is 0.0283. The number of hydrogen-bond acceptors (Lipinski definition) is 5. The number of phenolic OH excluding ortho intramolecular Hbond substituents is 1. The largest absolute Gasteiger partial charge is 0.508 e. The van der Waals surface area contributed by atoms with E-state index in [4.69, 9.17) is 0 Å². The highest BCUT2D eigenvalue weighted by atomic mass is 16.3.